The molecule has 0 spiro atoms. The second-order valence-corrected chi connectivity index (χ2v) is 8.87. The highest BCUT2D eigenvalue weighted by Gasteiger charge is 2.21. The summed E-state index contributed by atoms with van der Waals surface area (Å²) >= 11 is 0. The van der Waals surface area contributed by atoms with Crippen LogP contribution in [0.5, 0.6) is 0 Å². The minimum atomic E-state index is 0.0508. The lowest BCUT2D eigenvalue weighted by atomic mass is 10.0. The summed E-state index contributed by atoms with van der Waals surface area (Å²) in [5.41, 5.74) is 4.70. The van der Waals surface area contributed by atoms with Gasteiger partial charge in [0, 0.05) is 43.8 Å². The zero-order valence-corrected chi connectivity index (χ0v) is 19.0. The van der Waals surface area contributed by atoms with Gasteiger partial charge in [0.2, 0.25) is 0 Å². The van der Waals surface area contributed by atoms with Crippen LogP contribution in [0.15, 0.2) is 48.5 Å². The van der Waals surface area contributed by atoms with Gasteiger partial charge in [-0.3, -0.25) is 14.6 Å². The molecule has 0 saturated carbocycles. The summed E-state index contributed by atoms with van der Waals surface area (Å²) in [5.74, 6) is 0.0508. The largest absolute Gasteiger partial charge is 0.349 e. The van der Waals surface area contributed by atoms with E-state index in [1.54, 1.807) is 0 Å². The summed E-state index contributed by atoms with van der Waals surface area (Å²) in [6.45, 7) is 13.8. The van der Waals surface area contributed by atoms with Crippen LogP contribution < -0.4 is 5.32 Å². The molecule has 1 saturated heterocycles. The normalized spacial score (nSPS) is 15.7. The van der Waals surface area contributed by atoms with Crippen molar-refractivity contribution in [2.24, 2.45) is 0 Å². The summed E-state index contributed by atoms with van der Waals surface area (Å²) in [6, 6.07) is 17.6. The summed E-state index contributed by atoms with van der Waals surface area (Å²) in [7, 11) is 0. The highest BCUT2D eigenvalue weighted by atomic mass is 16.1. The number of carbonyl (C=O) groups is 1. The van der Waals surface area contributed by atoms with Gasteiger partial charge in [0.25, 0.3) is 5.91 Å². The highest BCUT2D eigenvalue weighted by Crippen LogP contribution is 2.16. The van der Waals surface area contributed by atoms with Gasteiger partial charge in [-0.05, 0) is 63.4 Å². The van der Waals surface area contributed by atoms with Gasteiger partial charge in [-0.2, -0.15) is 0 Å². The summed E-state index contributed by atoms with van der Waals surface area (Å²) < 4.78 is 0. The Morgan fingerprint density at radius 1 is 1.10 bits per heavy atom. The third-order valence-electron chi connectivity index (χ3n) is 6.15. The Balaban J connectivity index is 1.46. The van der Waals surface area contributed by atoms with Gasteiger partial charge in [0.05, 0.1) is 0 Å². The molecule has 0 atom stereocenters. The van der Waals surface area contributed by atoms with Crippen molar-refractivity contribution in [2.75, 3.05) is 19.6 Å². The van der Waals surface area contributed by atoms with E-state index < -0.39 is 0 Å². The monoisotopic (exact) mass is 407 g/mol. The van der Waals surface area contributed by atoms with Crippen LogP contribution in [0.2, 0.25) is 0 Å². The molecule has 3 rings (SSSR count). The van der Waals surface area contributed by atoms with Crippen molar-refractivity contribution in [1.82, 2.24) is 15.1 Å². The second kappa shape index (κ2) is 10.7. The molecular weight excluding hydrogens is 370 g/mol. The number of likely N-dealkylation sites (tertiary alicyclic amines) is 1. The molecule has 0 aliphatic carbocycles. The van der Waals surface area contributed by atoms with E-state index in [0.29, 0.717) is 6.04 Å². The van der Waals surface area contributed by atoms with Crippen molar-refractivity contribution in [3.05, 3.63) is 70.8 Å². The van der Waals surface area contributed by atoms with Crippen LogP contribution in [0.4, 0.5) is 0 Å². The third kappa shape index (κ3) is 6.41. The van der Waals surface area contributed by atoms with E-state index in [-0.39, 0.29) is 11.9 Å². The average molecular weight is 408 g/mol. The molecule has 4 nitrogen and oxygen atoms in total. The molecule has 1 amide bonds. The highest BCUT2D eigenvalue weighted by molar-refractivity contribution is 5.94. The minimum Gasteiger partial charge on any atom is -0.349 e. The Kier molecular flexibility index (Phi) is 8.06. The van der Waals surface area contributed by atoms with Gasteiger partial charge in [0.15, 0.2) is 0 Å². The Morgan fingerprint density at radius 3 is 2.40 bits per heavy atom. The van der Waals surface area contributed by atoms with Crippen LogP contribution in [-0.4, -0.2) is 47.4 Å². The standard InChI is InChI=1S/C26H37N3O/c1-5-29(20(2)3)19-22-9-11-24(12-10-22)26(30)27-25-13-15-28(16-14-25)18-23-8-6-7-21(4)17-23/h6-12,17,20,25H,5,13-16,18-19H2,1-4H3,(H,27,30). The zero-order valence-electron chi connectivity index (χ0n) is 19.0. The maximum Gasteiger partial charge on any atom is 0.251 e. The van der Waals surface area contributed by atoms with Crippen molar-refractivity contribution in [1.29, 1.82) is 0 Å². The van der Waals surface area contributed by atoms with Crippen LogP contribution in [0.1, 0.15) is 60.7 Å². The summed E-state index contributed by atoms with van der Waals surface area (Å²) in [4.78, 5) is 17.6. The first-order chi connectivity index (χ1) is 14.4. The van der Waals surface area contributed by atoms with E-state index in [4.69, 9.17) is 0 Å². The predicted molar refractivity (Wildman–Crippen MR) is 125 cm³/mol. The number of hydrogen-bond acceptors (Lipinski definition) is 3. The van der Waals surface area contributed by atoms with Gasteiger partial charge >= 0.3 is 0 Å². The number of nitrogens with zero attached hydrogens (tertiary/aromatic N) is 2. The first kappa shape index (κ1) is 22.5. The average Bonchev–Trinajstić information content (AvgIpc) is 2.73. The van der Waals surface area contributed by atoms with Gasteiger partial charge in [-0.25, -0.2) is 0 Å². The molecule has 0 bridgehead atoms. The van der Waals surface area contributed by atoms with E-state index in [0.717, 1.165) is 51.1 Å². The topological polar surface area (TPSA) is 35.6 Å². The molecule has 4 heteroatoms. The quantitative estimate of drug-likeness (QED) is 0.694. The summed E-state index contributed by atoms with van der Waals surface area (Å²) in [5, 5.41) is 3.24. The van der Waals surface area contributed by atoms with E-state index in [1.165, 1.54) is 16.7 Å². The number of nitrogens with one attached hydrogen (secondary N) is 1. The third-order valence-corrected chi connectivity index (χ3v) is 6.15. The number of aryl methyl sites for hydroxylation is 1. The number of piperidine rings is 1. The first-order valence-electron chi connectivity index (χ1n) is 11.4. The Morgan fingerprint density at radius 2 is 1.80 bits per heavy atom. The summed E-state index contributed by atoms with van der Waals surface area (Å²) in [6.07, 6.45) is 2.02. The zero-order chi connectivity index (χ0) is 21.5. The van der Waals surface area contributed by atoms with Gasteiger partial charge in [0.1, 0.15) is 0 Å². The molecule has 0 radical (unpaired) electrons. The lowest BCUT2D eigenvalue weighted by molar-refractivity contribution is 0.0909. The molecule has 0 aromatic heterocycles. The SMILES string of the molecule is CCN(Cc1ccc(C(=O)NC2CCN(Cc3cccc(C)c3)CC2)cc1)C(C)C. The predicted octanol–water partition coefficient (Wildman–Crippen LogP) is 4.62. The minimum absolute atomic E-state index is 0.0508. The van der Waals surface area contributed by atoms with E-state index in [1.807, 2.05) is 12.1 Å². The number of amides is 1. The van der Waals surface area contributed by atoms with Crippen molar-refractivity contribution < 1.29 is 4.79 Å². The van der Waals surface area contributed by atoms with E-state index >= 15 is 0 Å². The van der Waals surface area contributed by atoms with E-state index in [2.05, 4.69) is 79.2 Å². The maximum absolute atomic E-state index is 12.7. The number of carbonyl (C=O) groups excluding carboxylic acids is 1. The van der Waals surface area contributed by atoms with Crippen molar-refractivity contribution >= 4 is 5.91 Å². The van der Waals surface area contributed by atoms with Crippen molar-refractivity contribution in [3.8, 4) is 0 Å². The van der Waals surface area contributed by atoms with Gasteiger partial charge < -0.3 is 5.32 Å². The Bertz CT molecular complexity index is 807. The first-order valence-corrected chi connectivity index (χ1v) is 11.4. The van der Waals surface area contributed by atoms with Crippen LogP contribution in [0.3, 0.4) is 0 Å². The fourth-order valence-electron chi connectivity index (χ4n) is 4.23. The fourth-order valence-corrected chi connectivity index (χ4v) is 4.23. The molecule has 1 aliphatic heterocycles. The smallest absolute Gasteiger partial charge is 0.251 e. The molecule has 162 valence electrons. The number of rotatable bonds is 8. The van der Waals surface area contributed by atoms with Crippen LogP contribution in [0.25, 0.3) is 0 Å². The van der Waals surface area contributed by atoms with Crippen molar-refractivity contribution in [2.45, 2.75) is 65.7 Å². The molecular formula is C26H37N3O. The molecule has 1 heterocycles. The molecule has 30 heavy (non-hydrogen) atoms. The van der Waals surface area contributed by atoms with Gasteiger partial charge in [-0.15, -0.1) is 0 Å². The maximum atomic E-state index is 12.7. The number of hydrogen-bond donors (Lipinski definition) is 1. The second-order valence-electron chi connectivity index (χ2n) is 8.87. The molecule has 0 unspecified atom stereocenters. The van der Waals surface area contributed by atoms with Crippen LogP contribution in [-0.2, 0) is 13.1 Å². The molecule has 1 N–H and O–H groups in total. The molecule has 2 aromatic rings. The fraction of sp³-hybridized carbons (Fsp3) is 0.500. The lowest BCUT2D eigenvalue weighted by Crippen LogP contribution is -2.44. The molecule has 2 aromatic carbocycles. The van der Waals surface area contributed by atoms with Crippen LogP contribution >= 0.6 is 0 Å². The Hall–Kier alpha value is -2.17. The molecule has 1 fully saturated rings. The Labute approximate surface area is 182 Å². The van der Waals surface area contributed by atoms with Gasteiger partial charge in [-0.1, -0.05) is 48.9 Å². The van der Waals surface area contributed by atoms with Crippen LogP contribution in [0, 0.1) is 6.92 Å². The lowest BCUT2D eigenvalue weighted by Gasteiger charge is -2.32. The van der Waals surface area contributed by atoms with Crippen molar-refractivity contribution in [3.63, 3.8) is 0 Å². The number of benzene rings is 2. The molecule has 1 aliphatic rings. The van der Waals surface area contributed by atoms with E-state index in [9.17, 15) is 4.79 Å².